The van der Waals surface area contributed by atoms with Crippen LogP contribution in [0.1, 0.15) is 43.5 Å². The first-order valence-corrected chi connectivity index (χ1v) is 6.66. The van der Waals surface area contributed by atoms with Crippen molar-refractivity contribution in [2.75, 3.05) is 13.7 Å². The topological polar surface area (TPSA) is 38.3 Å². The number of carbonyl (C=O) groups is 1. The third kappa shape index (κ3) is 3.54. The average Bonchev–Trinajstić information content (AvgIpc) is 2.68. The Bertz CT molecular complexity index is 379. The lowest BCUT2D eigenvalue weighted by Crippen LogP contribution is -2.26. The maximum absolute atomic E-state index is 11.8. The maximum atomic E-state index is 11.8. The van der Waals surface area contributed by atoms with E-state index >= 15 is 0 Å². The molecular weight excluding hydrogens is 234 g/mol. The Labute approximate surface area is 107 Å². The van der Waals surface area contributed by atoms with Gasteiger partial charge >= 0.3 is 5.97 Å². The van der Waals surface area contributed by atoms with E-state index in [1.807, 2.05) is 13.0 Å². The van der Waals surface area contributed by atoms with Gasteiger partial charge in [0, 0.05) is 9.75 Å². The van der Waals surface area contributed by atoms with Crippen LogP contribution in [0.2, 0.25) is 0 Å². The minimum atomic E-state index is -0.351. The van der Waals surface area contributed by atoms with Gasteiger partial charge in [-0.3, -0.25) is 0 Å². The second-order valence-electron chi connectivity index (χ2n) is 4.93. The fraction of sp³-hybridized carbons (Fsp3) is 0.615. The molecule has 1 aromatic heterocycles. The Kier molecular flexibility index (Phi) is 4.71. The molecule has 0 radical (unpaired) electrons. The van der Waals surface area contributed by atoms with Crippen molar-refractivity contribution in [1.29, 1.82) is 0 Å². The lowest BCUT2D eigenvalue weighted by molar-refractivity contribution is -0.145. The van der Waals surface area contributed by atoms with E-state index in [0.29, 0.717) is 6.61 Å². The average molecular weight is 255 g/mol. The molecule has 0 amide bonds. The summed E-state index contributed by atoms with van der Waals surface area (Å²) >= 11 is 1.66. The number of rotatable bonds is 4. The van der Waals surface area contributed by atoms with Gasteiger partial charge in [-0.1, -0.05) is 20.8 Å². The summed E-state index contributed by atoms with van der Waals surface area (Å²) in [5, 5.41) is 3.00. The van der Waals surface area contributed by atoms with Gasteiger partial charge in [-0.15, -0.1) is 11.3 Å². The molecule has 1 N–H and O–H groups in total. The van der Waals surface area contributed by atoms with Crippen LogP contribution in [-0.2, 0) is 14.9 Å². The first kappa shape index (κ1) is 14.2. The van der Waals surface area contributed by atoms with E-state index < -0.39 is 0 Å². The van der Waals surface area contributed by atoms with Crippen molar-refractivity contribution < 1.29 is 9.53 Å². The minimum absolute atomic E-state index is 0.121. The summed E-state index contributed by atoms with van der Waals surface area (Å²) in [6, 6.07) is 3.74. The number of hydrogen-bond donors (Lipinski definition) is 1. The molecule has 0 saturated carbocycles. The Morgan fingerprint density at radius 2 is 2.12 bits per heavy atom. The summed E-state index contributed by atoms with van der Waals surface area (Å²) in [6.07, 6.45) is 0. The molecule has 1 aromatic rings. The zero-order valence-corrected chi connectivity index (χ0v) is 12.0. The summed E-state index contributed by atoms with van der Waals surface area (Å²) in [4.78, 5) is 14.0. The molecule has 0 fully saturated rings. The predicted octanol–water partition coefficient (Wildman–Crippen LogP) is 2.87. The molecule has 0 aliphatic carbocycles. The Balaban J connectivity index is 2.90. The van der Waals surface area contributed by atoms with Crippen LogP contribution in [0.15, 0.2) is 12.1 Å². The van der Waals surface area contributed by atoms with Crippen LogP contribution in [0.3, 0.4) is 0 Å². The van der Waals surface area contributed by atoms with Crippen LogP contribution >= 0.6 is 11.3 Å². The maximum Gasteiger partial charge on any atom is 0.328 e. The van der Waals surface area contributed by atoms with Crippen LogP contribution in [0.25, 0.3) is 0 Å². The molecule has 17 heavy (non-hydrogen) atoms. The van der Waals surface area contributed by atoms with Gasteiger partial charge in [0.25, 0.3) is 0 Å². The number of likely N-dealkylation sites (N-methyl/N-ethyl adjacent to an activating group) is 1. The van der Waals surface area contributed by atoms with Gasteiger partial charge < -0.3 is 10.1 Å². The third-order valence-corrected chi connectivity index (χ3v) is 4.04. The van der Waals surface area contributed by atoms with Gasteiger partial charge in [-0.25, -0.2) is 4.79 Å². The number of hydrogen-bond acceptors (Lipinski definition) is 4. The first-order valence-electron chi connectivity index (χ1n) is 5.84. The second kappa shape index (κ2) is 5.65. The molecule has 3 nitrogen and oxygen atoms in total. The van der Waals surface area contributed by atoms with E-state index in [-0.39, 0.29) is 17.4 Å². The second-order valence-corrected chi connectivity index (χ2v) is 6.04. The Hall–Kier alpha value is -0.870. The van der Waals surface area contributed by atoms with Gasteiger partial charge in [0.2, 0.25) is 0 Å². The smallest absolute Gasteiger partial charge is 0.328 e. The standard InChI is InChI=1S/C13H21NO2S/c1-6-16-12(15)11(14-5)9-7-8-10(17-9)13(2,3)4/h7-8,11,14H,6H2,1-5H3. The molecule has 0 bridgehead atoms. The molecule has 96 valence electrons. The highest BCUT2D eigenvalue weighted by atomic mass is 32.1. The molecule has 1 rings (SSSR count). The summed E-state index contributed by atoms with van der Waals surface area (Å²) in [7, 11) is 1.78. The summed E-state index contributed by atoms with van der Waals surface area (Å²) < 4.78 is 5.05. The van der Waals surface area contributed by atoms with Crippen molar-refractivity contribution in [2.24, 2.45) is 0 Å². The zero-order valence-electron chi connectivity index (χ0n) is 11.2. The van der Waals surface area contributed by atoms with Crippen LogP contribution in [0.4, 0.5) is 0 Å². The van der Waals surface area contributed by atoms with Gasteiger partial charge in [-0.05, 0) is 31.5 Å². The van der Waals surface area contributed by atoms with Crippen molar-refractivity contribution in [1.82, 2.24) is 5.32 Å². The third-order valence-electron chi connectivity index (χ3n) is 2.46. The molecule has 1 atom stereocenters. The Morgan fingerprint density at radius 1 is 1.47 bits per heavy atom. The highest BCUT2D eigenvalue weighted by Crippen LogP contribution is 2.32. The van der Waals surface area contributed by atoms with E-state index in [0.717, 1.165) is 4.88 Å². The van der Waals surface area contributed by atoms with Crippen molar-refractivity contribution in [3.8, 4) is 0 Å². The molecule has 0 saturated heterocycles. The van der Waals surface area contributed by atoms with Gasteiger partial charge in [0.05, 0.1) is 6.61 Å². The van der Waals surface area contributed by atoms with E-state index in [2.05, 4.69) is 32.2 Å². The SMILES string of the molecule is CCOC(=O)C(NC)c1ccc(C(C)(C)C)s1. The first-order chi connectivity index (χ1) is 7.90. The van der Waals surface area contributed by atoms with Crippen LogP contribution in [-0.4, -0.2) is 19.6 Å². The fourth-order valence-corrected chi connectivity index (χ4v) is 2.68. The number of thiophene rings is 1. The molecule has 0 aliphatic rings. The lowest BCUT2D eigenvalue weighted by Gasteiger charge is -2.16. The number of nitrogens with one attached hydrogen (secondary N) is 1. The predicted molar refractivity (Wildman–Crippen MR) is 71.5 cm³/mol. The summed E-state index contributed by atoms with van der Waals surface area (Å²) in [5.41, 5.74) is 0.121. The van der Waals surface area contributed by atoms with E-state index in [4.69, 9.17) is 4.74 Å². The Morgan fingerprint density at radius 3 is 2.53 bits per heavy atom. The highest BCUT2D eigenvalue weighted by molar-refractivity contribution is 7.12. The van der Waals surface area contributed by atoms with E-state index in [1.165, 1.54) is 4.88 Å². The molecule has 1 heterocycles. The molecular formula is C13H21NO2S. The molecule has 1 unspecified atom stereocenters. The number of esters is 1. The van der Waals surface area contributed by atoms with E-state index in [9.17, 15) is 4.79 Å². The van der Waals surface area contributed by atoms with Crippen LogP contribution in [0, 0.1) is 0 Å². The quantitative estimate of drug-likeness (QED) is 0.841. The van der Waals surface area contributed by atoms with Crippen LogP contribution in [0.5, 0.6) is 0 Å². The number of ether oxygens (including phenoxy) is 1. The van der Waals surface area contributed by atoms with Gasteiger partial charge in [0.1, 0.15) is 6.04 Å². The van der Waals surface area contributed by atoms with Crippen LogP contribution < -0.4 is 5.32 Å². The van der Waals surface area contributed by atoms with Gasteiger partial charge in [-0.2, -0.15) is 0 Å². The molecule has 0 aromatic carbocycles. The minimum Gasteiger partial charge on any atom is -0.465 e. The lowest BCUT2D eigenvalue weighted by atomic mass is 9.95. The van der Waals surface area contributed by atoms with Gasteiger partial charge in [0.15, 0.2) is 0 Å². The van der Waals surface area contributed by atoms with Crippen molar-refractivity contribution in [2.45, 2.75) is 39.2 Å². The molecule has 0 spiro atoms. The summed E-state index contributed by atoms with van der Waals surface area (Å²) in [6.45, 7) is 8.73. The van der Waals surface area contributed by atoms with Crippen molar-refractivity contribution >= 4 is 17.3 Å². The normalized spacial score (nSPS) is 13.5. The fourth-order valence-electron chi connectivity index (χ4n) is 1.51. The monoisotopic (exact) mass is 255 g/mol. The summed E-state index contributed by atoms with van der Waals surface area (Å²) in [5.74, 6) is -0.211. The number of carbonyl (C=O) groups excluding carboxylic acids is 1. The highest BCUT2D eigenvalue weighted by Gasteiger charge is 2.24. The molecule has 4 heteroatoms. The van der Waals surface area contributed by atoms with E-state index in [1.54, 1.807) is 18.4 Å². The van der Waals surface area contributed by atoms with Crippen molar-refractivity contribution in [3.05, 3.63) is 21.9 Å². The largest absolute Gasteiger partial charge is 0.465 e. The van der Waals surface area contributed by atoms with Crippen molar-refractivity contribution in [3.63, 3.8) is 0 Å². The molecule has 0 aliphatic heterocycles. The zero-order chi connectivity index (χ0) is 13.1.